The van der Waals surface area contributed by atoms with Crippen molar-refractivity contribution in [2.24, 2.45) is 5.73 Å². The third-order valence-electron chi connectivity index (χ3n) is 3.55. The smallest absolute Gasteiger partial charge is 0.255 e. The molecule has 2 rings (SSSR count). The molecular weight excluding hydrogens is 363 g/mol. The molecule has 0 atom stereocenters. The van der Waals surface area contributed by atoms with E-state index in [-0.39, 0.29) is 41.1 Å². The van der Waals surface area contributed by atoms with Crippen LogP contribution in [-0.2, 0) is 11.3 Å². The van der Waals surface area contributed by atoms with Gasteiger partial charge in [-0.25, -0.2) is 4.39 Å². The van der Waals surface area contributed by atoms with Crippen LogP contribution in [0.15, 0.2) is 36.4 Å². The largest absolute Gasteiger partial charge is 0.493 e. The van der Waals surface area contributed by atoms with Gasteiger partial charge in [0.05, 0.1) is 12.1 Å². The Morgan fingerprint density at radius 1 is 1.27 bits per heavy atom. The van der Waals surface area contributed by atoms with Crippen molar-refractivity contribution in [2.45, 2.75) is 6.54 Å². The van der Waals surface area contributed by atoms with Crippen LogP contribution >= 0.6 is 11.6 Å². The van der Waals surface area contributed by atoms with Gasteiger partial charge in [-0.2, -0.15) is 0 Å². The number of amides is 2. The summed E-state index contributed by atoms with van der Waals surface area (Å²) in [5, 5.41) is 0.0910. The Balaban J connectivity index is 2.24. The number of hydrogen-bond donors (Lipinski definition) is 1. The Hall–Kier alpha value is -2.80. The molecule has 0 heterocycles. The Labute approximate surface area is 155 Å². The normalized spacial score (nSPS) is 10.3. The number of rotatable bonds is 7. The van der Waals surface area contributed by atoms with E-state index in [2.05, 4.69) is 0 Å². The van der Waals surface area contributed by atoms with Crippen LogP contribution in [0.4, 0.5) is 4.39 Å². The first-order valence-electron chi connectivity index (χ1n) is 7.61. The number of hydrogen-bond acceptors (Lipinski definition) is 4. The molecule has 2 N–H and O–H groups in total. The van der Waals surface area contributed by atoms with Gasteiger partial charge in [-0.3, -0.25) is 9.59 Å². The van der Waals surface area contributed by atoms with Crippen LogP contribution in [-0.4, -0.2) is 37.5 Å². The summed E-state index contributed by atoms with van der Waals surface area (Å²) in [6, 6.07) is 9.03. The van der Waals surface area contributed by atoms with Crippen molar-refractivity contribution in [1.82, 2.24) is 4.90 Å². The molecule has 2 aromatic rings. The SMILES string of the molecule is COc1cc(C(=O)N(C)Cc2ccccc2F)cc(Cl)c1OCC(N)=O. The molecule has 0 aliphatic carbocycles. The molecule has 0 aliphatic heterocycles. The van der Waals surface area contributed by atoms with E-state index in [1.807, 2.05) is 0 Å². The second-order valence-corrected chi connectivity index (χ2v) is 5.90. The minimum absolute atomic E-state index is 0.0887. The number of primary amides is 1. The third-order valence-corrected chi connectivity index (χ3v) is 3.83. The van der Waals surface area contributed by atoms with E-state index in [1.165, 1.54) is 30.2 Å². The van der Waals surface area contributed by atoms with Crippen molar-refractivity contribution >= 4 is 23.4 Å². The Morgan fingerprint density at radius 2 is 1.96 bits per heavy atom. The number of methoxy groups -OCH3 is 1. The lowest BCUT2D eigenvalue weighted by Crippen LogP contribution is -2.26. The highest BCUT2D eigenvalue weighted by Gasteiger charge is 2.19. The number of benzene rings is 2. The number of carbonyl (C=O) groups excluding carboxylic acids is 2. The molecule has 0 radical (unpaired) electrons. The van der Waals surface area contributed by atoms with Gasteiger partial charge in [-0.15, -0.1) is 0 Å². The molecule has 0 fully saturated rings. The zero-order valence-electron chi connectivity index (χ0n) is 14.3. The first-order chi connectivity index (χ1) is 12.3. The number of ether oxygens (including phenoxy) is 2. The molecule has 0 aromatic heterocycles. The summed E-state index contributed by atoms with van der Waals surface area (Å²) in [5.41, 5.74) is 5.67. The molecule has 0 saturated heterocycles. The zero-order chi connectivity index (χ0) is 19.3. The summed E-state index contributed by atoms with van der Waals surface area (Å²) >= 11 is 6.14. The summed E-state index contributed by atoms with van der Waals surface area (Å²) in [4.78, 5) is 24.9. The average Bonchev–Trinajstić information content (AvgIpc) is 2.61. The maximum atomic E-state index is 13.8. The van der Waals surface area contributed by atoms with E-state index in [1.54, 1.807) is 25.2 Å². The van der Waals surface area contributed by atoms with Gasteiger partial charge in [-0.1, -0.05) is 29.8 Å². The van der Waals surface area contributed by atoms with E-state index >= 15 is 0 Å². The topological polar surface area (TPSA) is 81.9 Å². The van der Waals surface area contributed by atoms with Gasteiger partial charge < -0.3 is 20.1 Å². The molecular formula is C18H18ClFN2O4. The zero-order valence-corrected chi connectivity index (χ0v) is 15.0. The minimum atomic E-state index is -0.673. The van der Waals surface area contributed by atoms with Crippen molar-refractivity contribution in [3.8, 4) is 11.5 Å². The highest BCUT2D eigenvalue weighted by atomic mass is 35.5. The van der Waals surface area contributed by atoms with Gasteiger partial charge in [0.25, 0.3) is 11.8 Å². The van der Waals surface area contributed by atoms with Crippen molar-refractivity contribution in [2.75, 3.05) is 20.8 Å². The fraction of sp³-hybridized carbons (Fsp3) is 0.222. The van der Waals surface area contributed by atoms with Gasteiger partial charge in [0.15, 0.2) is 18.1 Å². The quantitative estimate of drug-likeness (QED) is 0.800. The maximum absolute atomic E-state index is 13.8. The summed E-state index contributed by atoms with van der Waals surface area (Å²) in [7, 11) is 2.92. The molecule has 138 valence electrons. The fourth-order valence-corrected chi connectivity index (χ4v) is 2.57. The fourth-order valence-electron chi connectivity index (χ4n) is 2.30. The van der Waals surface area contributed by atoms with Gasteiger partial charge >= 0.3 is 0 Å². The van der Waals surface area contributed by atoms with Crippen LogP contribution in [0.5, 0.6) is 11.5 Å². The number of nitrogens with two attached hydrogens (primary N) is 1. The lowest BCUT2D eigenvalue weighted by molar-refractivity contribution is -0.119. The van der Waals surface area contributed by atoms with E-state index in [0.717, 1.165) is 0 Å². The van der Waals surface area contributed by atoms with Crippen molar-refractivity contribution in [3.63, 3.8) is 0 Å². The Morgan fingerprint density at radius 3 is 2.58 bits per heavy atom. The molecule has 8 heteroatoms. The van der Waals surface area contributed by atoms with Gasteiger partial charge in [0, 0.05) is 24.7 Å². The molecule has 6 nitrogen and oxygen atoms in total. The summed E-state index contributed by atoms with van der Waals surface area (Å²) in [5.74, 6) is -1.15. The molecule has 0 unspecified atom stereocenters. The molecule has 0 aliphatic rings. The highest BCUT2D eigenvalue weighted by molar-refractivity contribution is 6.32. The van der Waals surface area contributed by atoms with E-state index in [9.17, 15) is 14.0 Å². The molecule has 26 heavy (non-hydrogen) atoms. The summed E-state index contributed by atoms with van der Waals surface area (Å²) in [6.07, 6.45) is 0. The van der Waals surface area contributed by atoms with E-state index in [4.69, 9.17) is 26.8 Å². The lowest BCUT2D eigenvalue weighted by Gasteiger charge is -2.19. The first-order valence-corrected chi connectivity index (χ1v) is 7.98. The second-order valence-electron chi connectivity index (χ2n) is 5.50. The lowest BCUT2D eigenvalue weighted by atomic mass is 10.1. The van der Waals surface area contributed by atoms with Crippen molar-refractivity contribution < 1.29 is 23.5 Å². The monoisotopic (exact) mass is 380 g/mol. The molecule has 0 spiro atoms. The van der Waals surface area contributed by atoms with E-state index < -0.39 is 11.7 Å². The number of halogens is 2. The van der Waals surface area contributed by atoms with Gasteiger partial charge in [0.2, 0.25) is 0 Å². The molecule has 0 saturated carbocycles. The van der Waals surface area contributed by atoms with Crippen LogP contribution in [0.25, 0.3) is 0 Å². The average molecular weight is 381 g/mol. The van der Waals surface area contributed by atoms with Crippen LogP contribution in [0.2, 0.25) is 5.02 Å². The van der Waals surface area contributed by atoms with Gasteiger partial charge in [-0.05, 0) is 18.2 Å². The van der Waals surface area contributed by atoms with Crippen LogP contribution in [0.1, 0.15) is 15.9 Å². The Kier molecular flexibility index (Phi) is 6.41. The molecule has 2 aromatic carbocycles. The predicted octanol–water partition coefficient (Wildman–Crippen LogP) is 2.62. The second kappa shape index (κ2) is 8.53. The van der Waals surface area contributed by atoms with Crippen molar-refractivity contribution in [1.29, 1.82) is 0 Å². The maximum Gasteiger partial charge on any atom is 0.255 e. The van der Waals surface area contributed by atoms with Crippen molar-refractivity contribution in [3.05, 3.63) is 58.4 Å². The van der Waals surface area contributed by atoms with Gasteiger partial charge in [0.1, 0.15) is 5.82 Å². The third kappa shape index (κ3) is 4.64. The predicted molar refractivity (Wildman–Crippen MR) is 94.9 cm³/mol. The summed E-state index contributed by atoms with van der Waals surface area (Å²) in [6.45, 7) is -0.290. The van der Waals surface area contributed by atoms with Crippen LogP contribution in [0.3, 0.4) is 0 Å². The van der Waals surface area contributed by atoms with Crippen LogP contribution < -0.4 is 15.2 Å². The number of carbonyl (C=O) groups is 2. The minimum Gasteiger partial charge on any atom is -0.493 e. The van der Waals surface area contributed by atoms with Crippen LogP contribution in [0, 0.1) is 5.82 Å². The molecule has 0 bridgehead atoms. The summed E-state index contributed by atoms with van der Waals surface area (Å²) < 4.78 is 24.2. The standard InChI is InChI=1S/C18H18ClFN2O4/c1-22(9-11-5-3-4-6-14(11)20)18(24)12-7-13(19)17(15(8-12)25-2)26-10-16(21)23/h3-8H,9-10H2,1-2H3,(H2,21,23). The highest BCUT2D eigenvalue weighted by Crippen LogP contribution is 2.36. The Bertz CT molecular complexity index is 829. The number of nitrogens with zero attached hydrogens (tertiary/aromatic N) is 1. The molecule has 2 amide bonds. The first kappa shape index (κ1) is 19.5. The van der Waals surface area contributed by atoms with E-state index in [0.29, 0.717) is 5.56 Å².